The molecule has 0 atom stereocenters. The van der Waals surface area contributed by atoms with Gasteiger partial charge in [0.05, 0.1) is 10.9 Å². The largest absolute Gasteiger partial charge is 0.481 e. The standard InChI is InChI=1S/C23H18BrCl2NO4/c24-19-11-14(12-22(28)29)1-8-21(19)31-18-6-3-16(4-7-18)23(30)27-10-9-15-2-5-17(25)13-20(15)26/h1-8,11,13H,9-10,12H2,(H,27,30)(H,28,29). The predicted molar refractivity (Wildman–Crippen MR) is 124 cm³/mol. The molecule has 0 heterocycles. The summed E-state index contributed by atoms with van der Waals surface area (Å²) in [7, 11) is 0. The second kappa shape index (κ2) is 10.7. The summed E-state index contributed by atoms with van der Waals surface area (Å²) < 4.78 is 6.46. The highest BCUT2D eigenvalue weighted by atomic mass is 79.9. The van der Waals surface area contributed by atoms with Gasteiger partial charge in [0, 0.05) is 22.2 Å². The van der Waals surface area contributed by atoms with Gasteiger partial charge in [-0.05, 0) is 82.0 Å². The van der Waals surface area contributed by atoms with Crippen molar-refractivity contribution in [2.75, 3.05) is 6.54 Å². The van der Waals surface area contributed by atoms with Gasteiger partial charge in [0.2, 0.25) is 0 Å². The quantitative estimate of drug-likeness (QED) is 0.372. The van der Waals surface area contributed by atoms with E-state index in [1.165, 1.54) is 0 Å². The Bertz CT molecular complexity index is 1100. The number of ether oxygens (including phenoxy) is 1. The van der Waals surface area contributed by atoms with E-state index in [0.717, 1.165) is 5.56 Å². The molecule has 1 amide bonds. The van der Waals surface area contributed by atoms with Crippen molar-refractivity contribution >= 4 is 51.0 Å². The molecule has 0 saturated heterocycles. The molecule has 0 aromatic heterocycles. The van der Waals surface area contributed by atoms with Crippen LogP contribution in [0.2, 0.25) is 10.0 Å². The molecular weight excluding hydrogens is 505 g/mol. The van der Waals surface area contributed by atoms with E-state index < -0.39 is 5.97 Å². The molecule has 0 radical (unpaired) electrons. The third-order valence-electron chi connectivity index (χ3n) is 4.39. The lowest BCUT2D eigenvalue weighted by molar-refractivity contribution is -0.136. The zero-order valence-electron chi connectivity index (χ0n) is 16.2. The number of carbonyl (C=O) groups excluding carboxylic acids is 1. The molecule has 0 aliphatic carbocycles. The van der Waals surface area contributed by atoms with Crippen LogP contribution in [0.3, 0.4) is 0 Å². The number of halogens is 3. The van der Waals surface area contributed by atoms with Gasteiger partial charge in [0.1, 0.15) is 11.5 Å². The Kier molecular flexibility index (Phi) is 7.96. The summed E-state index contributed by atoms with van der Waals surface area (Å²) in [6.07, 6.45) is 0.530. The van der Waals surface area contributed by atoms with Crippen molar-refractivity contribution in [1.29, 1.82) is 0 Å². The minimum Gasteiger partial charge on any atom is -0.481 e. The summed E-state index contributed by atoms with van der Waals surface area (Å²) in [6.45, 7) is 0.439. The van der Waals surface area contributed by atoms with Crippen molar-refractivity contribution in [1.82, 2.24) is 5.32 Å². The minimum absolute atomic E-state index is 0.0626. The molecule has 2 N–H and O–H groups in total. The van der Waals surface area contributed by atoms with E-state index in [0.29, 0.717) is 50.1 Å². The maximum atomic E-state index is 12.4. The Morgan fingerprint density at radius 1 is 1.00 bits per heavy atom. The first-order valence-corrected chi connectivity index (χ1v) is 10.9. The summed E-state index contributed by atoms with van der Waals surface area (Å²) in [6, 6.07) is 17.1. The molecule has 0 aliphatic heterocycles. The molecular formula is C23H18BrCl2NO4. The van der Waals surface area contributed by atoms with Crippen molar-refractivity contribution < 1.29 is 19.4 Å². The number of carboxylic acids is 1. The lowest BCUT2D eigenvalue weighted by Crippen LogP contribution is -2.25. The molecule has 5 nitrogen and oxygen atoms in total. The molecule has 0 saturated carbocycles. The third kappa shape index (κ3) is 6.72. The first-order valence-electron chi connectivity index (χ1n) is 9.32. The van der Waals surface area contributed by atoms with Crippen LogP contribution in [0.4, 0.5) is 0 Å². The van der Waals surface area contributed by atoms with E-state index in [-0.39, 0.29) is 12.3 Å². The van der Waals surface area contributed by atoms with E-state index >= 15 is 0 Å². The van der Waals surface area contributed by atoms with Crippen LogP contribution in [0.1, 0.15) is 21.5 Å². The maximum Gasteiger partial charge on any atom is 0.307 e. The summed E-state index contributed by atoms with van der Waals surface area (Å²) in [5.41, 5.74) is 2.08. The summed E-state index contributed by atoms with van der Waals surface area (Å²) in [5.74, 6) is 0.00361. The van der Waals surface area contributed by atoms with Crippen LogP contribution in [0.25, 0.3) is 0 Å². The second-order valence-electron chi connectivity index (χ2n) is 6.70. The highest BCUT2D eigenvalue weighted by molar-refractivity contribution is 9.10. The Morgan fingerprint density at radius 2 is 1.74 bits per heavy atom. The van der Waals surface area contributed by atoms with Crippen molar-refractivity contribution in [3.63, 3.8) is 0 Å². The first-order chi connectivity index (χ1) is 14.8. The smallest absolute Gasteiger partial charge is 0.307 e. The normalized spacial score (nSPS) is 10.5. The maximum absolute atomic E-state index is 12.4. The average Bonchev–Trinajstić information content (AvgIpc) is 2.71. The topological polar surface area (TPSA) is 75.6 Å². The van der Waals surface area contributed by atoms with E-state index in [1.807, 2.05) is 6.07 Å². The molecule has 0 fully saturated rings. The number of amides is 1. The summed E-state index contributed by atoms with van der Waals surface area (Å²) in [5, 5.41) is 12.9. The molecule has 3 aromatic carbocycles. The monoisotopic (exact) mass is 521 g/mol. The van der Waals surface area contributed by atoms with Gasteiger partial charge in [0.15, 0.2) is 0 Å². The van der Waals surface area contributed by atoms with E-state index in [4.69, 9.17) is 33.0 Å². The number of rotatable bonds is 8. The average molecular weight is 523 g/mol. The number of hydrogen-bond donors (Lipinski definition) is 2. The van der Waals surface area contributed by atoms with Crippen molar-refractivity contribution in [2.24, 2.45) is 0 Å². The van der Waals surface area contributed by atoms with Gasteiger partial charge in [0.25, 0.3) is 5.91 Å². The van der Waals surface area contributed by atoms with Crippen LogP contribution in [0, 0.1) is 0 Å². The number of hydrogen-bond acceptors (Lipinski definition) is 3. The minimum atomic E-state index is -0.898. The van der Waals surface area contributed by atoms with Crippen molar-refractivity contribution in [3.05, 3.63) is 91.9 Å². The van der Waals surface area contributed by atoms with E-state index in [9.17, 15) is 9.59 Å². The fraction of sp³-hybridized carbons (Fsp3) is 0.130. The Morgan fingerprint density at radius 3 is 2.39 bits per heavy atom. The zero-order valence-corrected chi connectivity index (χ0v) is 19.3. The van der Waals surface area contributed by atoms with Crippen LogP contribution in [0.15, 0.2) is 65.1 Å². The molecule has 31 heavy (non-hydrogen) atoms. The van der Waals surface area contributed by atoms with Gasteiger partial charge in [-0.3, -0.25) is 9.59 Å². The van der Waals surface area contributed by atoms with Crippen LogP contribution in [-0.4, -0.2) is 23.5 Å². The van der Waals surface area contributed by atoms with Crippen molar-refractivity contribution in [3.8, 4) is 11.5 Å². The lowest BCUT2D eigenvalue weighted by Gasteiger charge is -2.10. The van der Waals surface area contributed by atoms with Gasteiger partial charge < -0.3 is 15.2 Å². The molecule has 3 rings (SSSR count). The fourth-order valence-corrected chi connectivity index (χ4v) is 3.86. The number of benzene rings is 3. The van der Waals surface area contributed by atoms with Gasteiger partial charge in [-0.25, -0.2) is 0 Å². The number of aliphatic carboxylic acids is 1. The van der Waals surface area contributed by atoms with Gasteiger partial charge in [-0.15, -0.1) is 0 Å². The molecule has 8 heteroatoms. The lowest BCUT2D eigenvalue weighted by atomic mass is 10.1. The highest BCUT2D eigenvalue weighted by Crippen LogP contribution is 2.31. The number of nitrogens with one attached hydrogen (secondary N) is 1. The molecule has 0 spiro atoms. The number of carbonyl (C=O) groups is 2. The Labute approximate surface area is 198 Å². The van der Waals surface area contributed by atoms with E-state index in [2.05, 4.69) is 21.2 Å². The zero-order chi connectivity index (χ0) is 22.4. The van der Waals surface area contributed by atoms with Crippen LogP contribution >= 0.6 is 39.1 Å². The SMILES string of the molecule is O=C(O)Cc1ccc(Oc2ccc(C(=O)NCCc3ccc(Cl)cc3Cl)cc2)c(Br)c1. The highest BCUT2D eigenvalue weighted by Gasteiger charge is 2.09. The van der Waals surface area contributed by atoms with Crippen LogP contribution in [-0.2, 0) is 17.6 Å². The third-order valence-corrected chi connectivity index (χ3v) is 5.60. The summed E-state index contributed by atoms with van der Waals surface area (Å²) in [4.78, 5) is 23.2. The van der Waals surface area contributed by atoms with Crippen LogP contribution in [0.5, 0.6) is 11.5 Å². The van der Waals surface area contributed by atoms with E-state index in [1.54, 1.807) is 54.6 Å². The predicted octanol–water partition coefficient (Wildman–Crippen LogP) is 6.15. The molecule has 160 valence electrons. The van der Waals surface area contributed by atoms with Crippen LogP contribution < -0.4 is 10.1 Å². The second-order valence-corrected chi connectivity index (χ2v) is 8.40. The molecule has 0 unspecified atom stereocenters. The van der Waals surface area contributed by atoms with Gasteiger partial charge in [-0.2, -0.15) is 0 Å². The fourth-order valence-electron chi connectivity index (χ4n) is 2.85. The molecule has 3 aromatic rings. The number of carboxylic acid groups (broad SMARTS) is 1. The van der Waals surface area contributed by atoms with Crippen molar-refractivity contribution in [2.45, 2.75) is 12.8 Å². The summed E-state index contributed by atoms with van der Waals surface area (Å²) >= 11 is 15.4. The van der Waals surface area contributed by atoms with Gasteiger partial charge in [-0.1, -0.05) is 35.3 Å². The van der Waals surface area contributed by atoms with Gasteiger partial charge >= 0.3 is 5.97 Å². The molecule has 0 bridgehead atoms. The Hall–Kier alpha value is -2.54. The Balaban J connectivity index is 1.55. The first kappa shape index (κ1) is 23.1. The molecule has 0 aliphatic rings.